The van der Waals surface area contributed by atoms with E-state index in [1.165, 1.54) is 0 Å². The molecule has 0 aliphatic carbocycles. The summed E-state index contributed by atoms with van der Waals surface area (Å²) in [7, 11) is 4.07. The van der Waals surface area contributed by atoms with E-state index in [1.807, 2.05) is 14.0 Å². The van der Waals surface area contributed by atoms with Gasteiger partial charge in [0.25, 0.3) is 0 Å². The van der Waals surface area contributed by atoms with E-state index in [1.54, 1.807) is 12.4 Å². The Kier molecular flexibility index (Phi) is 4.77. The number of nitrogens with zero attached hydrogens (tertiary/aromatic N) is 7. The first-order valence-electron chi connectivity index (χ1n) is 7.82. The fourth-order valence-corrected chi connectivity index (χ4v) is 3.00. The summed E-state index contributed by atoms with van der Waals surface area (Å²) in [6.45, 7) is 4.90. The normalized spacial score (nSPS) is 16.7. The van der Waals surface area contributed by atoms with Gasteiger partial charge in [0.05, 0.1) is 24.0 Å². The summed E-state index contributed by atoms with van der Waals surface area (Å²) >= 11 is 5.85. The number of hydrogen-bond donors (Lipinski definition) is 0. The first-order chi connectivity index (χ1) is 11.0. The summed E-state index contributed by atoms with van der Waals surface area (Å²) in [4.78, 5) is 13.2. The standard InChI is InChI=1S/C15H22ClN7/c1-11-19-20-14(21(11)2)10-23-6-4-13(5-7-23)22(3)15-17-8-12(16)9-18-15/h8-9,13H,4-7,10H2,1-3H3. The minimum absolute atomic E-state index is 0.452. The number of likely N-dealkylation sites (tertiary alicyclic amines) is 1. The highest BCUT2D eigenvalue weighted by molar-refractivity contribution is 6.30. The van der Waals surface area contributed by atoms with Gasteiger partial charge in [0.15, 0.2) is 0 Å². The minimum Gasteiger partial charge on any atom is -0.341 e. The smallest absolute Gasteiger partial charge is 0.225 e. The molecule has 0 spiro atoms. The molecular weight excluding hydrogens is 314 g/mol. The maximum Gasteiger partial charge on any atom is 0.225 e. The lowest BCUT2D eigenvalue weighted by Gasteiger charge is -2.36. The largest absolute Gasteiger partial charge is 0.341 e. The molecular formula is C15H22ClN7. The van der Waals surface area contributed by atoms with Crippen LogP contribution in [0.2, 0.25) is 5.02 Å². The van der Waals surface area contributed by atoms with Crippen molar-refractivity contribution in [2.45, 2.75) is 32.4 Å². The monoisotopic (exact) mass is 335 g/mol. The van der Waals surface area contributed by atoms with Crippen LogP contribution >= 0.6 is 11.6 Å². The molecule has 7 nitrogen and oxygen atoms in total. The number of piperidine rings is 1. The molecule has 0 radical (unpaired) electrons. The van der Waals surface area contributed by atoms with Crippen LogP contribution in [-0.2, 0) is 13.6 Å². The van der Waals surface area contributed by atoms with Gasteiger partial charge in [-0.2, -0.15) is 0 Å². The molecule has 3 heterocycles. The SMILES string of the molecule is Cc1nnc(CN2CCC(N(C)c3ncc(Cl)cn3)CC2)n1C. The van der Waals surface area contributed by atoms with Gasteiger partial charge >= 0.3 is 0 Å². The van der Waals surface area contributed by atoms with E-state index in [2.05, 4.69) is 41.6 Å². The molecule has 1 aliphatic rings. The van der Waals surface area contributed by atoms with E-state index in [0.29, 0.717) is 11.1 Å². The van der Waals surface area contributed by atoms with Crippen LogP contribution in [0.5, 0.6) is 0 Å². The predicted molar refractivity (Wildman–Crippen MR) is 89.5 cm³/mol. The Labute approximate surface area is 141 Å². The van der Waals surface area contributed by atoms with E-state index < -0.39 is 0 Å². The molecule has 0 bridgehead atoms. The van der Waals surface area contributed by atoms with Crippen molar-refractivity contribution in [3.63, 3.8) is 0 Å². The van der Waals surface area contributed by atoms with Crippen LogP contribution in [-0.4, -0.2) is 55.8 Å². The summed E-state index contributed by atoms with van der Waals surface area (Å²) in [6, 6.07) is 0.452. The summed E-state index contributed by atoms with van der Waals surface area (Å²) < 4.78 is 2.06. The maximum atomic E-state index is 5.85. The molecule has 8 heteroatoms. The van der Waals surface area contributed by atoms with Crippen molar-refractivity contribution >= 4 is 17.5 Å². The highest BCUT2D eigenvalue weighted by atomic mass is 35.5. The molecule has 3 rings (SSSR count). The van der Waals surface area contributed by atoms with Crippen molar-refractivity contribution in [3.8, 4) is 0 Å². The fraction of sp³-hybridized carbons (Fsp3) is 0.600. The molecule has 0 atom stereocenters. The first kappa shape index (κ1) is 16.1. The molecule has 0 unspecified atom stereocenters. The molecule has 0 saturated carbocycles. The van der Waals surface area contributed by atoms with Crippen LogP contribution in [0.15, 0.2) is 12.4 Å². The third kappa shape index (κ3) is 3.61. The van der Waals surface area contributed by atoms with Crippen molar-refractivity contribution < 1.29 is 0 Å². The highest BCUT2D eigenvalue weighted by Gasteiger charge is 2.24. The van der Waals surface area contributed by atoms with E-state index >= 15 is 0 Å². The molecule has 1 fully saturated rings. The predicted octanol–water partition coefficient (Wildman–Crippen LogP) is 1.67. The Morgan fingerprint density at radius 3 is 2.43 bits per heavy atom. The quantitative estimate of drug-likeness (QED) is 0.847. The van der Waals surface area contributed by atoms with Gasteiger partial charge in [-0.25, -0.2) is 9.97 Å². The van der Waals surface area contributed by atoms with Gasteiger partial charge in [0.1, 0.15) is 11.6 Å². The van der Waals surface area contributed by atoms with Gasteiger partial charge in [0.2, 0.25) is 5.95 Å². The van der Waals surface area contributed by atoms with Crippen molar-refractivity contribution in [1.82, 2.24) is 29.6 Å². The summed E-state index contributed by atoms with van der Waals surface area (Å²) in [5, 5.41) is 8.94. The molecule has 0 N–H and O–H groups in total. The van der Waals surface area contributed by atoms with E-state index in [9.17, 15) is 0 Å². The lowest BCUT2D eigenvalue weighted by atomic mass is 10.0. The average molecular weight is 336 g/mol. The zero-order valence-electron chi connectivity index (χ0n) is 13.8. The molecule has 23 heavy (non-hydrogen) atoms. The minimum atomic E-state index is 0.452. The van der Waals surface area contributed by atoms with Crippen LogP contribution in [0.3, 0.4) is 0 Å². The third-order valence-corrected chi connectivity index (χ3v) is 4.77. The molecule has 2 aromatic heterocycles. The van der Waals surface area contributed by atoms with Gasteiger partial charge in [-0.15, -0.1) is 10.2 Å². The van der Waals surface area contributed by atoms with Crippen LogP contribution in [0, 0.1) is 6.92 Å². The number of halogens is 1. The summed E-state index contributed by atoms with van der Waals surface area (Å²) in [5.41, 5.74) is 0. The van der Waals surface area contributed by atoms with Crippen LogP contribution in [0.1, 0.15) is 24.5 Å². The zero-order valence-corrected chi connectivity index (χ0v) is 14.5. The Bertz CT molecular complexity index is 646. The zero-order chi connectivity index (χ0) is 16.4. The van der Waals surface area contributed by atoms with Gasteiger partial charge in [-0.3, -0.25) is 4.90 Å². The third-order valence-electron chi connectivity index (χ3n) is 4.57. The number of aromatic nitrogens is 5. The number of aryl methyl sites for hydroxylation is 1. The Morgan fingerprint density at radius 2 is 1.87 bits per heavy atom. The highest BCUT2D eigenvalue weighted by Crippen LogP contribution is 2.20. The van der Waals surface area contributed by atoms with Gasteiger partial charge in [-0.1, -0.05) is 11.6 Å². The second kappa shape index (κ2) is 6.80. The Morgan fingerprint density at radius 1 is 1.22 bits per heavy atom. The molecule has 1 aliphatic heterocycles. The second-order valence-corrected chi connectivity index (χ2v) is 6.48. The molecule has 1 saturated heterocycles. The number of anilines is 1. The van der Waals surface area contributed by atoms with Crippen molar-refractivity contribution in [3.05, 3.63) is 29.1 Å². The summed E-state index contributed by atoms with van der Waals surface area (Å²) in [6.07, 6.45) is 5.45. The fourth-order valence-electron chi connectivity index (χ4n) is 2.90. The topological polar surface area (TPSA) is 63.0 Å². The van der Waals surface area contributed by atoms with Gasteiger partial charge < -0.3 is 9.47 Å². The van der Waals surface area contributed by atoms with Crippen molar-refractivity contribution in [2.24, 2.45) is 7.05 Å². The lowest BCUT2D eigenvalue weighted by Crippen LogP contribution is -2.43. The second-order valence-electron chi connectivity index (χ2n) is 6.04. The Balaban J connectivity index is 1.55. The number of rotatable bonds is 4. The van der Waals surface area contributed by atoms with E-state index in [0.717, 1.165) is 50.1 Å². The molecule has 0 aromatic carbocycles. The van der Waals surface area contributed by atoms with Crippen molar-refractivity contribution in [2.75, 3.05) is 25.0 Å². The summed E-state index contributed by atoms with van der Waals surface area (Å²) in [5.74, 6) is 2.71. The van der Waals surface area contributed by atoms with E-state index in [-0.39, 0.29) is 0 Å². The van der Waals surface area contributed by atoms with E-state index in [4.69, 9.17) is 11.6 Å². The Hall–Kier alpha value is -1.73. The average Bonchev–Trinajstić information content (AvgIpc) is 2.88. The number of hydrogen-bond acceptors (Lipinski definition) is 6. The first-order valence-corrected chi connectivity index (χ1v) is 8.20. The van der Waals surface area contributed by atoms with Crippen LogP contribution in [0.4, 0.5) is 5.95 Å². The van der Waals surface area contributed by atoms with Crippen molar-refractivity contribution in [1.29, 1.82) is 0 Å². The van der Waals surface area contributed by atoms with Gasteiger partial charge in [0, 0.05) is 33.2 Å². The molecule has 124 valence electrons. The maximum absolute atomic E-state index is 5.85. The van der Waals surface area contributed by atoms with Crippen LogP contribution < -0.4 is 4.90 Å². The lowest BCUT2D eigenvalue weighted by molar-refractivity contribution is 0.196. The van der Waals surface area contributed by atoms with Gasteiger partial charge in [-0.05, 0) is 19.8 Å². The molecule has 0 amide bonds. The molecule has 2 aromatic rings. The van der Waals surface area contributed by atoms with Crippen LogP contribution in [0.25, 0.3) is 0 Å².